The van der Waals surface area contributed by atoms with Crippen molar-refractivity contribution in [1.82, 2.24) is 9.88 Å². The zero-order valence-corrected chi connectivity index (χ0v) is 11.5. The first-order valence-electron chi connectivity index (χ1n) is 6.14. The van der Waals surface area contributed by atoms with Crippen LogP contribution < -0.4 is 0 Å². The highest BCUT2D eigenvalue weighted by Crippen LogP contribution is 2.31. The Bertz CT molecular complexity index is 562. The highest BCUT2D eigenvalue weighted by atomic mass is 35.5. The Kier molecular flexibility index (Phi) is 3.55. The van der Waals surface area contributed by atoms with Crippen molar-refractivity contribution < 1.29 is 5.11 Å². The molecule has 0 spiro atoms. The molecule has 0 saturated carbocycles. The van der Waals surface area contributed by atoms with Crippen LogP contribution in [0, 0.1) is 0 Å². The van der Waals surface area contributed by atoms with Crippen molar-refractivity contribution >= 4 is 23.3 Å². The van der Waals surface area contributed by atoms with Crippen LogP contribution in [0.15, 0.2) is 18.2 Å². The number of aryl methyl sites for hydroxylation is 1. The molecule has 1 unspecified atom stereocenters. The van der Waals surface area contributed by atoms with Gasteiger partial charge in [0.05, 0.1) is 0 Å². The van der Waals surface area contributed by atoms with Crippen molar-refractivity contribution in [2.24, 2.45) is 0 Å². The fourth-order valence-corrected chi connectivity index (χ4v) is 2.84. The molecule has 0 fully saturated rings. The molecule has 0 saturated heterocycles. The summed E-state index contributed by atoms with van der Waals surface area (Å²) < 4.78 is 0. The van der Waals surface area contributed by atoms with Crippen LogP contribution in [0.1, 0.15) is 17.7 Å². The van der Waals surface area contributed by atoms with Crippen molar-refractivity contribution in [3.05, 3.63) is 29.5 Å². The number of rotatable bonds is 1. The second-order valence-electron chi connectivity index (χ2n) is 5.17. The fourth-order valence-electron chi connectivity index (χ4n) is 2.84. The van der Waals surface area contributed by atoms with Gasteiger partial charge in [0, 0.05) is 28.7 Å². The topological polar surface area (TPSA) is 39.3 Å². The van der Waals surface area contributed by atoms with E-state index in [2.05, 4.69) is 24.0 Å². The van der Waals surface area contributed by atoms with E-state index in [9.17, 15) is 5.11 Å². The number of likely N-dealkylation sites (N-methyl/N-ethyl adjacent to an activating group) is 1. The van der Waals surface area contributed by atoms with Gasteiger partial charge in [-0.15, -0.1) is 12.4 Å². The molecular formula is C14H19ClN2O. The molecule has 2 aromatic rings. The van der Waals surface area contributed by atoms with Crippen LogP contribution in [0.25, 0.3) is 10.9 Å². The van der Waals surface area contributed by atoms with E-state index >= 15 is 0 Å². The van der Waals surface area contributed by atoms with E-state index in [1.807, 2.05) is 12.1 Å². The van der Waals surface area contributed by atoms with Crippen LogP contribution in [0.3, 0.4) is 0 Å². The maximum Gasteiger partial charge on any atom is 0.117 e. The lowest BCUT2D eigenvalue weighted by Gasteiger charge is -2.28. The minimum absolute atomic E-state index is 0. The summed E-state index contributed by atoms with van der Waals surface area (Å²) in [5.41, 5.74) is 3.85. The van der Waals surface area contributed by atoms with Crippen LogP contribution in [-0.2, 0) is 12.8 Å². The summed E-state index contributed by atoms with van der Waals surface area (Å²) in [5.74, 6) is 0.334. The highest BCUT2D eigenvalue weighted by molar-refractivity contribution is 5.86. The number of nitrogens with zero attached hydrogens (tertiary/aromatic N) is 1. The highest BCUT2D eigenvalue weighted by Gasteiger charge is 2.23. The Balaban J connectivity index is 0.00000120. The number of hydrogen-bond donors (Lipinski definition) is 2. The van der Waals surface area contributed by atoms with Crippen LogP contribution in [0.2, 0.25) is 0 Å². The minimum atomic E-state index is 0. The number of phenolic OH excluding ortho intramolecular Hbond substituents is 1. The summed E-state index contributed by atoms with van der Waals surface area (Å²) in [4.78, 5) is 5.75. The molecule has 18 heavy (non-hydrogen) atoms. The lowest BCUT2D eigenvalue weighted by Crippen LogP contribution is -2.33. The first-order chi connectivity index (χ1) is 8.15. The molecule has 1 heterocycles. The van der Waals surface area contributed by atoms with Gasteiger partial charge in [-0.2, -0.15) is 0 Å². The number of H-pyrrole nitrogens is 1. The SMILES string of the molecule is CN(C)C1CCc2[nH]c3cc(O)ccc3c2C1.Cl. The lowest BCUT2D eigenvalue weighted by atomic mass is 9.91. The van der Waals surface area contributed by atoms with Crippen molar-refractivity contribution in [1.29, 1.82) is 0 Å². The van der Waals surface area contributed by atoms with Crippen LogP contribution in [0.4, 0.5) is 0 Å². The summed E-state index contributed by atoms with van der Waals surface area (Å²) in [6, 6.07) is 6.25. The molecule has 3 rings (SSSR count). The molecule has 1 aromatic carbocycles. The van der Waals surface area contributed by atoms with Crippen molar-refractivity contribution in [3.63, 3.8) is 0 Å². The zero-order chi connectivity index (χ0) is 12.0. The molecule has 0 aliphatic heterocycles. The molecule has 3 nitrogen and oxygen atoms in total. The molecule has 0 amide bonds. The second-order valence-corrected chi connectivity index (χ2v) is 5.17. The molecule has 0 radical (unpaired) electrons. The van der Waals surface area contributed by atoms with Gasteiger partial charge < -0.3 is 15.0 Å². The second kappa shape index (κ2) is 4.82. The van der Waals surface area contributed by atoms with Gasteiger partial charge in [0.25, 0.3) is 0 Å². The number of aromatic nitrogens is 1. The Morgan fingerprint density at radius 3 is 2.83 bits per heavy atom. The molecule has 1 aromatic heterocycles. The number of halogens is 1. The Morgan fingerprint density at radius 1 is 1.33 bits per heavy atom. The molecular weight excluding hydrogens is 248 g/mol. The number of nitrogens with one attached hydrogen (secondary N) is 1. The fraction of sp³-hybridized carbons (Fsp3) is 0.429. The Labute approximate surface area is 113 Å². The minimum Gasteiger partial charge on any atom is -0.508 e. The number of phenols is 1. The van der Waals surface area contributed by atoms with Crippen molar-refractivity contribution in [3.8, 4) is 5.75 Å². The van der Waals surface area contributed by atoms with E-state index in [-0.39, 0.29) is 12.4 Å². The lowest BCUT2D eigenvalue weighted by molar-refractivity contribution is 0.268. The zero-order valence-electron chi connectivity index (χ0n) is 10.7. The van der Waals surface area contributed by atoms with Gasteiger partial charge in [-0.3, -0.25) is 0 Å². The van der Waals surface area contributed by atoms with Gasteiger partial charge in [0.15, 0.2) is 0 Å². The number of fused-ring (bicyclic) bond motifs is 3. The molecule has 1 aliphatic carbocycles. The molecule has 1 atom stereocenters. The van der Waals surface area contributed by atoms with Gasteiger partial charge in [0.1, 0.15) is 5.75 Å². The van der Waals surface area contributed by atoms with E-state index in [1.165, 1.54) is 23.1 Å². The van der Waals surface area contributed by atoms with Crippen LogP contribution in [0.5, 0.6) is 5.75 Å². The molecule has 0 bridgehead atoms. The quantitative estimate of drug-likeness (QED) is 0.833. The Morgan fingerprint density at radius 2 is 2.11 bits per heavy atom. The molecule has 98 valence electrons. The maximum atomic E-state index is 9.50. The average Bonchev–Trinajstić information content (AvgIpc) is 2.64. The number of aromatic amines is 1. The smallest absolute Gasteiger partial charge is 0.117 e. The molecule has 2 N–H and O–H groups in total. The number of benzene rings is 1. The Hall–Kier alpha value is -1.19. The first-order valence-corrected chi connectivity index (χ1v) is 6.14. The summed E-state index contributed by atoms with van der Waals surface area (Å²) in [7, 11) is 4.30. The molecule has 4 heteroatoms. The monoisotopic (exact) mass is 266 g/mol. The largest absolute Gasteiger partial charge is 0.508 e. The predicted octanol–water partition coefficient (Wildman–Crippen LogP) is 2.71. The predicted molar refractivity (Wildman–Crippen MR) is 76.7 cm³/mol. The van der Waals surface area contributed by atoms with Crippen LogP contribution in [-0.4, -0.2) is 35.1 Å². The molecule has 1 aliphatic rings. The van der Waals surface area contributed by atoms with E-state index in [0.717, 1.165) is 18.4 Å². The summed E-state index contributed by atoms with van der Waals surface area (Å²) in [6.07, 6.45) is 3.42. The summed E-state index contributed by atoms with van der Waals surface area (Å²) in [5, 5.41) is 10.8. The first kappa shape index (κ1) is 13.2. The van der Waals surface area contributed by atoms with E-state index in [4.69, 9.17) is 0 Å². The van der Waals surface area contributed by atoms with Crippen molar-refractivity contribution in [2.75, 3.05) is 14.1 Å². The van der Waals surface area contributed by atoms with Gasteiger partial charge in [-0.25, -0.2) is 0 Å². The standard InChI is InChI=1S/C14H18N2O.ClH/c1-16(2)9-3-6-13-12(7-9)11-5-4-10(17)8-14(11)15-13;/h4-5,8-9,15,17H,3,6-7H2,1-2H3;1H. The van der Waals surface area contributed by atoms with Gasteiger partial charge in [0.2, 0.25) is 0 Å². The summed E-state index contributed by atoms with van der Waals surface area (Å²) >= 11 is 0. The summed E-state index contributed by atoms with van der Waals surface area (Å²) in [6.45, 7) is 0. The van der Waals surface area contributed by atoms with E-state index in [1.54, 1.807) is 6.07 Å². The van der Waals surface area contributed by atoms with Gasteiger partial charge in [-0.1, -0.05) is 0 Å². The third-order valence-corrected chi connectivity index (χ3v) is 3.88. The normalized spacial score (nSPS) is 18.7. The average molecular weight is 267 g/mol. The third-order valence-electron chi connectivity index (χ3n) is 3.88. The number of hydrogen-bond acceptors (Lipinski definition) is 2. The van der Waals surface area contributed by atoms with Crippen molar-refractivity contribution in [2.45, 2.75) is 25.3 Å². The maximum absolute atomic E-state index is 9.50. The van der Waals surface area contributed by atoms with Crippen LogP contribution >= 0.6 is 12.4 Å². The third kappa shape index (κ3) is 2.08. The van der Waals surface area contributed by atoms with E-state index in [0.29, 0.717) is 11.8 Å². The van der Waals surface area contributed by atoms with Gasteiger partial charge >= 0.3 is 0 Å². The van der Waals surface area contributed by atoms with Gasteiger partial charge in [-0.05, 0) is 51.1 Å². The van der Waals surface area contributed by atoms with E-state index < -0.39 is 0 Å². The number of aromatic hydroxyl groups is 1.